The number of halogens is 1. The zero-order valence-corrected chi connectivity index (χ0v) is 15.9. The molecule has 1 atom stereocenters. The minimum Gasteiger partial charge on any atom is -0.353 e. The number of piperazine rings is 1. The van der Waals surface area contributed by atoms with Crippen molar-refractivity contribution in [3.63, 3.8) is 0 Å². The standard InChI is InChI=1S/C19H22ClN3OS/c1-13-2-4-16-14(10-13)11-17(25-16)19(24)23-8-6-22(7-9-23)18-5-3-15(20)12-21-18/h3,5,11-13H,2,4,6-10H2,1H3. The van der Waals surface area contributed by atoms with E-state index in [-0.39, 0.29) is 5.91 Å². The summed E-state index contributed by atoms with van der Waals surface area (Å²) in [6, 6.07) is 5.94. The van der Waals surface area contributed by atoms with Gasteiger partial charge >= 0.3 is 0 Å². The van der Waals surface area contributed by atoms with Crippen LogP contribution in [0.15, 0.2) is 24.4 Å². The monoisotopic (exact) mass is 375 g/mol. The molecule has 1 unspecified atom stereocenters. The lowest BCUT2D eigenvalue weighted by atomic mass is 9.90. The Kier molecular flexibility index (Phi) is 4.69. The fraction of sp³-hybridized carbons (Fsp3) is 0.474. The molecular formula is C19H22ClN3OS. The lowest BCUT2D eigenvalue weighted by molar-refractivity contribution is 0.0751. The van der Waals surface area contributed by atoms with Crippen LogP contribution in [0, 0.1) is 5.92 Å². The van der Waals surface area contributed by atoms with Gasteiger partial charge in [-0.1, -0.05) is 18.5 Å². The second-order valence-electron chi connectivity index (χ2n) is 7.02. The number of pyridine rings is 1. The first-order valence-corrected chi connectivity index (χ1v) is 10.1. The first-order chi connectivity index (χ1) is 12.1. The molecule has 0 N–H and O–H groups in total. The first kappa shape index (κ1) is 16.9. The number of hydrogen-bond acceptors (Lipinski definition) is 4. The third kappa shape index (κ3) is 3.53. The molecular weight excluding hydrogens is 354 g/mol. The van der Waals surface area contributed by atoms with Crippen molar-refractivity contribution in [1.82, 2.24) is 9.88 Å². The largest absolute Gasteiger partial charge is 0.353 e. The van der Waals surface area contributed by atoms with Gasteiger partial charge in [-0.05, 0) is 48.9 Å². The van der Waals surface area contributed by atoms with Gasteiger partial charge in [0, 0.05) is 37.3 Å². The molecule has 4 rings (SSSR count). The molecule has 1 saturated heterocycles. The lowest BCUT2D eigenvalue weighted by Crippen LogP contribution is -2.48. The molecule has 1 fully saturated rings. The predicted octanol–water partition coefficient (Wildman–Crippen LogP) is 3.88. The van der Waals surface area contributed by atoms with Crippen molar-refractivity contribution in [1.29, 1.82) is 0 Å². The van der Waals surface area contributed by atoms with Gasteiger partial charge in [-0.3, -0.25) is 4.79 Å². The number of amides is 1. The quantitative estimate of drug-likeness (QED) is 0.799. The lowest BCUT2D eigenvalue weighted by Gasteiger charge is -2.35. The van der Waals surface area contributed by atoms with Crippen LogP contribution < -0.4 is 4.90 Å². The van der Waals surface area contributed by atoms with E-state index in [2.05, 4.69) is 22.9 Å². The van der Waals surface area contributed by atoms with E-state index < -0.39 is 0 Å². The van der Waals surface area contributed by atoms with Crippen molar-refractivity contribution in [2.45, 2.75) is 26.2 Å². The number of aryl methyl sites for hydroxylation is 1. The van der Waals surface area contributed by atoms with Gasteiger partial charge < -0.3 is 9.80 Å². The molecule has 0 aromatic carbocycles. The summed E-state index contributed by atoms with van der Waals surface area (Å²) in [5.41, 5.74) is 1.40. The minimum absolute atomic E-state index is 0.191. The summed E-state index contributed by atoms with van der Waals surface area (Å²) in [5, 5.41) is 0.647. The van der Waals surface area contributed by atoms with E-state index in [1.54, 1.807) is 17.5 Å². The number of hydrogen-bond donors (Lipinski definition) is 0. The topological polar surface area (TPSA) is 36.4 Å². The third-order valence-electron chi connectivity index (χ3n) is 5.14. The van der Waals surface area contributed by atoms with Gasteiger partial charge in [-0.2, -0.15) is 0 Å². The summed E-state index contributed by atoms with van der Waals surface area (Å²) in [5.74, 6) is 1.85. The van der Waals surface area contributed by atoms with Crippen LogP contribution in [-0.4, -0.2) is 42.0 Å². The van der Waals surface area contributed by atoms with E-state index in [1.165, 1.54) is 16.9 Å². The van der Waals surface area contributed by atoms with E-state index in [0.717, 1.165) is 55.6 Å². The number of rotatable bonds is 2. The second-order valence-corrected chi connectivity index (χ2v) is 8.59. The molecule has 25 heavy (non-hydrogen) atoms. The van der Waals surface area contributed by atoms with Gasteiger partial charge in [0.1, 0.15) is 5.82 Å². The van der Waals surface area contributed by atoms with Gasteiger partial charge in [-0.15, -0.1) is 11.3 Å². The highest BCUT2D eigenvalue weighted by molar-refractivity contribution is 7.14. The van der Waals surface area contributed by atoms with E-state index in [0.29, 0.717) is 5.02 Å². The van der Waals surface area contributed by atoms with Crippen LogP contribution in [0.5, 0.6) is 0 Å². The maximum atomic E-state index is 12.9. The van der Waals surface area contributed by atoms with Crippen LogP contribution in [0.1, 0.15) is 33.5 Å². The number of carbonyl (C=O) groups is 1. The Labute approximate surface area is 157 Å². The highest BCUT2D eigenvalue weighted by atomic mass is 35.5. The first-order valence-electron chi connectivity index (χ1n) is 8.87. The van der Waals surface area contributed by atoms with Gasteiger partial charge in [0.2, 0.25) is 0 Å². The van der Waals surface area contributed by atoms with Gasteiger partial charge in [-0.25, -0.2) is 4.98 Å². The summed E-state index contributed by atoms with van der Waals surface area (Å²) in [6.45, 7) is 5.39. The fourth-order valence-corrected chi connectivity index (χ4v) is 4.95. The summed E-state index contributed by atoms with van der Waals surface area (Å²) >= 11 is 7.61. The number of anilines is 1. The van der Waals surface area contributed by atoms with E-state index >= 15 is 0 Å². The van der Waals surface area contributed by atoms with Crippen LogP contribution in [-0.2, 0) is 12.8 Å². The molecule has 3 heterocycles. The Morgan fingerprint density at radius 2 is 2.08 bits per heavy atom. The average Bonchev–Trinajstić information content (AvgIpc) is 3.05. The Morgan fingerprint density at radius 3 is 2.80 bits per heavy atom. The molecule has 6 heteroatoms. The Hall–Kier alpha value is -1.59. The summed E-state index contributed by atoms with van der Waals surface area (Å²) in [7, 11) is 0. The molecule has 2 aromatic heterocycles. The second kappa shape index (κ2) is 6.96. The highest BCUT2D eigenvalue weighted by Crippen LogP contribution is 2.33. The van der Waals surface area contributed by atoms with Crippen molar-refractivity contribution in [3.8, 4) is 0 Å². The van der Waals surface area contributed by atoms with Crippen molar-refractivity contribution in [2.24, 2.45) is 5.92 Å². The van der Waals surface area contributed by atoms with Crippen molar-refractivity contribution in [2.75, 3.05) is 31.1 Å². The Balaban J connectivity index is 1.40. The summed E-state index contributed by atoms with van der Waals surface area (Å²) < 4.78 is 0. The molecule has 0 bridgehead atoms. The van der Waals surface area contributed by atoms with Gasteiger partial charge in [0.15, 0.2) is 0 Å². The third-order valence-corrected chi connectivity index (χ3v) is 6.59. The number of carbonyl (C=O) groups excluding carboxylic acids is 1. The van der Waals surface area contributed by atoms with Crippen molar-refractivity contribution < 1.29 is 4.79 Å². The fourth-order valence-electron chi connectivity index (χ4n) is 3.66. The van der Waals surface area contributed by atoms with Crippen LogP contribution in [0.25, 0.3) is 0 Å². The predicted molar refractivity (Wildman–Crippen MR) is 103 cm³/mol. The van der Waals surface area contributed by atoms with Crippen molar-refractivity contribution >= 4 is 34.7 Å². The molecule has 132 valence electrons. The van der Waals surface area contributed by atoms with E-state index in [9.17, 15) is 4.79 Å². The van der Waals surface area contributed by atoms with Crippen LogP contribution >= 0.6 is 22.9 Å². The van der Waals surface area contributed by atoms with E-state index in [4.69, 9.17) is 11.6 Å². The molecule has 2 aliphatic rings. The van der Waals surface area contributed by atoms with Crippen molar-refractivity contribution in [3.05, 3.63) is 44.7 Å². The smallest absolute Gasteiger partial charge is 0.264 e. The maximum Gasteiger partial charge on any atom is 0.264 e. The summed E-state index contributed by atoms with van der Waals surface area (Å²) in [6.07, 6.45) is 5.17. The highest BCUT2D eigenvalue weighted by Gasteiger charge is 2.26. The average molecular weight is 376 g/mol. The van der Waals surface area contributed by atoms with Gasteiger partial charge in [0.05, 0.1) is 9.90 Å². The minimum atomic E-state index is 0.191. The summed E-state index contributed by atoms with van der Waals surface area (Å²) in [4.78, 5) is 23.8. The van der Waals surface area contributed by atoms with Gasteiger partial charge in [0.25, 0.3) is 5.91 Å². The molecule has 2 aromatic rings. The molecule has 4 nitrogen and oxygen atoms in total. The zero-order chi connectivity index (χ0) is 17.4. The SMILES string of the molecule is CC1CCc2sc(C(=O)N3CCN(c4ccc(Cl)cn4)CC3)cc2C1. The van der Waals surface area contributed by atoms with Crippen LogP contribution in [0.3, 0.4) is 0 Å². The number of fused-ring (bicyclic) bond motifs is 1. The normalized spacial score (nSPS) is 20.5. The number of aromatic nitrogens is 1. The van der Waals surface area contributed by atoms with Crippen LogP contribution in [0.4, 0.5) is 5.82 Å². The van der Waals surface area contributed by atoms with E-state index in [1.807, 2.05) is 17.0 Å². The van der Waals surface area contributed by atoms with Crippen LogP contribution in [0.2, 0.25) is 5.02 Å². The molecule has 0 spiro atoms. The molecule has 1 aliphatic heterocycles. The number of nitrogens with zero attached hydrogens (tertiary/aromatic N) is 3. The maximum absolute atomic E-state index is 12.9. The number of thiophene rings is 1. The zero-order valence-electron chi connectivity index (χ0n) is 14.4. The molecule has 0 saturated carbocycles. The molecule has 1 aliphatic carbocycles. The Bertz CT molecular complexity index is 765. The Morgan fingerprint density at radius 1 is 1.28 bits per heavy atom. The molecule has 1 amide bonds. The molecule has 0 radical (unpaired) electrons.